The molecule has 1 saturated heterocycles. The molecule has 1 aliphatic rings. The van der Waals surface area contributed by atoms with Crippen molar-refractivity contribution in [1.82, 2.24) is 19.9 Å². The number of rotatable bonds is 4. The maximum Gasteiger partial charge on any atom is 0.241 e. The molecule has 1 fully saturated rings. The quantitative estimate of drug-likeness (QED) is 0.756. The number of nitrogens with zero attached hydrogens (tertiary/aromatic N) is 4. The highest BCUT2D eigenvalue weighted by Gasteiger charge is 2.23. The number of hydrogen-bond donors (Lipinski definition) is 1. The first-order valence-electron chi connectivity index (χ1n) is 8.22. The minimum atomic E-state index is 0. The molecule has 0 aliphatic carbocycles. The Balaban J connectivity index is 0.00000196. The predicted octanol–water partition coefficient (Wildman–Crippen LogP) is 1.91. The van der Waals surface area contributed by atoms with Crippen LogP contribution in [0.3, 0.4) is 0 Å². The summed E-state index contributed by atoms with van der Waals surface area (Å²) in [6.07, 6.45) is 3.69. The molecule has 0 radical (unpaired) electrons. The topological polar surface area (TPSA) is 72.3 Å². The van der Waals surface area contributed by atoms with Gasteiger partial charge in [0, 0.05) is 44.0 Å². The summed E-state index contributed by atoms with van der Waals surface area (Å²) in [6, 6.07) is 9.50. The molecule has 4 rings (SSSR count). The number of hydrogen-bond acceptors (Lipinski definition) is 5. The third kappa shape index (κ3) is 3.49. The van der Waals surface area contributed by atoms with Gasteiger partial charge in [0.15, 0.2) is 0 Å². The van der Waals surface area contributed by atoms with Gasteiger partial charge in [-0.1, -0.05) is 6.07 Å². The maximum absolute atomic E-state index is 12.2. The molecule has 0 spiro atoms. The number of pyridine rings is 2. The molecule has 0 unspecified atom stereocenters. The van der Waals surface area contributed by atoms with E-state index in [1.165, 1.54) is 0 Å². The predicted molar refractivity (Wildman–Crippen MR) is 102 cm³/mol. The summed E-state index contributed by atoms with van der Waals surface area (Å²) in [5, 5.41) is 4.04. The highest BCUT2D eigenvalue weighted by Crippen LogP contribution is 2.29. The number of carbonyl (C=O) groups is 1. The lowest BCUT2D eigenvalue weighted by Crippen LogP contribution is -2.48. The van der Waals surface area contributed by atoms with Gasteiger partial charge < -0.3 is 19.5 Å². The summed E-state index contributed by atoms with van der Waals surface area (Å²) in [5.74, 6) is 0.617. The number of amides is 1. The number of ether oxygens (including phenoxy) is 1. The third-order valence-electron chi connectivity index (χ3n) is 4.25. The molecule has 1 aliphatic heterocycles. The molecule has 3 aromatic rings. The van der Waals surface area contributed by atoms with Gasteiger partial charge in [-0.25, -0.2) is 0 Å². The summed E-state index contributed by atoms with van der Waals surface area (Å²) in [6.45, 7) is 2.19. The van der Waals surface area contributed by atoms with E-state index in [-0.39, 0.29) is 18.3 Å². The summed E-state index contributed by atoms with van der Waals surface area (Å²) < 4.78 is 7.68. The Labute approximate surface area is 157 Å². The van der Waals surface area contributed by atoms with Crippen LogP contribution in [0.1, 0.15) is 5.69 Å². The summed E-state index contributed by atoms with van der Waals surface area (Å²) >= 11 is 0. The van der Waals surface area contributed by atoms with Crippen molar-refractivity contribution in [3.05, 3.63) is 48.4 Å². The lowest BCUT2D eigenvalue weighted by molar-refractivity contribution is -0.118. The van der Waals surface area contributed by atoms with Gasteiger partial charge in [-0.05, 0) is 18.2 Å². The van der Waals surface area contributed by atoms with Crippen molar-refractivity contribution in [3.63, 3.8) is 0 Å². The lowest BCUT2D eigenvalue weighted by Gasteiger charge is -2.26. The molecular formula is C18H20ClN5O2. The van der Waals surface area contributed by atoms with Crippen LogP contribution in [-0.4, -0.2) is 40.1 Å². The second kappa shape index (κ2) is 7.72. The van der Waals surface area contributed by atoms with Crippen LogP contribution in [0.15, 0.2) is 42.7 Å². The van der Waals surface area contributed by atoms with Crippen LogP contribution >= 0.6 is 12.4 Å². The lowest BCUT2D eigenvalue weighted by atomic mass is 10.2. The molecule has 3 aromatic heterocycles. The number of fused-ring (bicyclic) bond motifs is 1. The molecule has 1 amide bonds. The molecule has 0 atom stereocenters. The average molecular weight is 374 g/mol. The summed E-state index contributed by atoms with van der Waals surface area (Å²) in [7, 11) is 1.92. The number of anilines is 1. The monoisotopic (exact) mass is 373 g/mol. The second-order valence-electron chi connectivity index (χ2n) is 5.98. The number of aryl methyl sites for hydroxylation is 1. The van der Waals surface area contributed by atoms with E-state index in [0.29, 0.717) is 25.6 Å². The van der Waals surface area contributed by atoms with Gasteiger partial charge in [-0.2, -0.15) is 4.98 Å². The molecule has 1 N–H and O–H groups in total. The van der Waals surface area contributed by atoms with E-state index in [1.807, 2.05) is 53.0 Å². The zero-order chi connectivity index (χ0) is 17.2. The van der Waals surface area contributed by atoms with Gasteiger partial charge in [-0.3, -0.25) is 9.78 Å². The van der Waals surface area contributed by atoms with Crippen molar-refractivity contribution in [2.75, 3.05) is 24.5 Å². The van der Waals surface area contributed by atoms with Crippen molar-refractivity contribution in [2.24, 2.45) is 7.05 Å². The SMILES string of the molecule is Cl.Cn1cc(N2CCNCC2=O)c2ccc(OCc3ccccn3)nc21. The van der Waals surface area contributed by atoms with Crippen molar-refractivity contribution in [2.45, 2.75) is 6.61 Å². The fourth-order valence-electron chi connectivity index (χ4n) is 3.00. The number of piperazine rings is 1. The molecular weight excluding hydrogens is 354 g/mol. The Hall–Kier alpha value is -2.64. The van der Waals surface area contributed by atoms with Gasteiger partial charge in [-0.15, -0.1) is 12.4 Å². The van der Waals surface area contributed by atoms with E-state index in [1.54, 1.807) is 6.20 Å². The Morgan fingerprint density at radius 3 is 2.92 bits per heavy atom. The normalized spacial score (nSPS) is 14.3. The first-order valence-corrected chi connectivity index (χ1v) is 8.22. The second-order valence-corrected chi connectivity index (χ2v) is 5.98. The van der Waals surface area contributed by atoms with Gasteiger partial charge in [0.05, 0.1) is 17.9 Å². The third-order valence-corrected chi connectivity index (χ3v) is 4.25. The first-order chi connectivity index (χ1) is 12.2. The van der Waals surface area contributed by atoms with Crippen molar-refractivity contribution < 1.29 is 9.53 Å². The molecule has 26 heavy (non-hydrogen) atoms. The average Bonchev–Trinajstić information content (AvgIpc) is 2.97. The fraction of sp³-hybridized carbons (Fsp3) is 0.278. The van der Waals surface area contributed by atoms with Crippen LogP contribution in [0.2, 0.25) is 0 Å². The van der Waals surface area contributed by atoms with Gasteiger partial charge in [0.2, 0.25) is 11.8 Å². The maximum atomic E-state index is 12.2. The highest BCUT2D eigenvalue weighted by atomic mass is 35.5. The smallest absolute Gasteiger partial charge is 0.241 e. The molecule has 4 heterocycles. The van der Waals surface area contributed by atoms with Crippen molar-refractivity contribution in [3.8, 4) is 5.88 Å². The Kier molecular flexibility index (Phi) is 5.39. The van der Waals surface area contributed by atoms with Crippen LogP contribution in [0.5, 0.6) is 5.88 Å². The fourth-order valence-corrected chi connectivity index (χ4v) is 3.00. The van der Waals surface area contributed by atoms with E-state index in [2.05, 4.69) is 15.3 Å². The first kappa shape index (κ1) is 18.2. The van der Waals surface area contributed by atoms with E-state index in [9.17, 15) is 4.79 Å². The molecule has 136 valence electrons. The molecule has 7 nitrogen and oxygen atoms in total. The Morgan fingerprint density at radius 2 is 2.15 bits per heavy atom. The molecule has 0 bridgehead atoms. The Bertz CT molecular complexity index is 913. The van der Waals surface area contributed by atoms with Crippen LogP contribution in [-0.2, 0) is 18.4 Å². The number of halogens is 1. The summed E-state index contributed by atoms with van der Waals surface area (Å²) in [4.78, 5) is 22.8. The van der Waals surface area contributed by atoms with E-state index < -0.39 is 0 Å². The van der Waals surface area contributed by atoms with Crippen LogP contribution < -0.4 is 15.0 Å². The van der Waals surface area contributed by atoms with Crippen LogP contribution in [0, 0.1) is 0 Å². The van der Waals surface area contributed by atoms with Crippen molar-refractivity contribution >= 4 is 35.0 Å². The van der Waals surface area contributed by atoms with E-state index >= 15 is 0 Å². The van der Waals surface area contributed by atoms with Crippen LogP contribution in [0.25, 0.3) is 11.0 Å². The standard InChI is InChI=1S/C18H19N5O2.ClH/c1-22-11-15(23-9-8-19-10-17(23)24)14-5-6-16(21-18(14)22)25-12-13-4-2-3-7-20-13;/h2-7,11,19H,8-10,12H2,1H3;1H. The van der Waals surface area contributed by atoms with Crippen LogP contribution in [0.4, 0.5) is 5.69 Å². The van der Waals surface area contributed by atoms with E-state index in [4.69, 9.17) is 4.74 Å². The Morgan fingerprint density at radius 1 is 1.27 bits per heavy atom. The summed E-state index contributed by atoms with van der Waals surface area (Å²) in [5.41, 5.74) is 2.54. The zero-order valence-corrected chi connectivity index (χ0v) is 15.2. The molecule has 0 saturated carbocycles. The molecule has 8 heteroatoms. The minimum Gasteiger partial charge on any atom is -0.471 e. The highest BCUT2D eigenvalue weighted by molar-refractivity contribution is 6.03. The zero-order valence-electron chi connectivity index (χ0n) is 14.4. The number of carbonyl (C=O) groups excluding carboxylic acids is 1. The molecule has 0 aromatic carbocycles. The minimum absolute atomic E-state index is 0. The van der Waals surface area contributed by atoms with E-state index in [0.717, 1.165) is 29.0 Å². The number of nitrogens with one attached hydrogen (secondary N) is 1. The van der Waals surface area contributed by atoms with Gasteiger partial charge >= 0.3 is 0 Å². The number of aromatic nitrogens is 3. The van der Waals surface area contributed by atoms with Gasteiger partial charge in [0.1, 0.15) is 12.3 Å². The van der Waals surface area contributed by atoms with Crippen molar-refractivity contribution in [1.29, 1.82) is 0 Å². The largest absolute Gasteiger partial charge is 0.471 e. The van der Waals surface area contributed by atoms with Gasteiger partial charge in [0.25, 0.3) is 0 Å².